The maximum atomic E-state index is 5.05. The van der Waals surface area contributed by atoms with E-state index in [1.165, 1.54) is 92.8 Å². The van der Waals surface area contributed by atoms with Crippen LogP contribution in [-0.2, 0) is 6.42 Å². The predicted octanol–water partition coefficient (Wildman–Crippen LogP) is 14.7. The summed E-state index contributed by atoms with van der Waals surface area (Å²) in [5.41, 5.74) is 12.0. The van der Waals surface area contributed by atoms with E-state index in [1.54, 1.807) is 0 Å². The number of nitrogens with zero attached hydrogens (tertiary/aromatic N) is 2. The Hall–Kier alpha value is -7.03. The summed E-state index contributed by atoms with van der Waals surface area (Å²) in [4.78, 5) is 5.05. The molecule has 2 heteroatoms. The molecule has 56 heavy (non-hydrogen) atoms. The molecule has 0 aliphatic heterocycles. The van der Waals surface area contributed by atoms with Crippen LogP contribution in [0.15, 0.2) is 182 Å². The lowest BCUT2D eigenvalue weighted by atomic mass is 9.88. The zero-order valence-electron chi connectivity index (χ0n) is 31.4. The molecule has 0 N–H and O–H groups in total. The van der Waals surface area contributed by atoms with Crippen LogP contribution in [0.3, 0.4) is 0 Å². The van der Waals surface area contributed by atoms with Gasteiger partial charge < -0.3 is 0 Å². The van der Waals surface area contributed by atoms with Crippen LogP contribution in [0.2, 0.25) is 0 Å². The fourth-order valence-corrected chi connectivity index (χ4v) is 9.10. The lowest BCUT2D eigenvalue weighted by Crippen LogP contribution is -1.99. The number of aromatic nitrogens is 2. The van der Waals surface area contributed by atoms with Crippen molar-refractivity contribution >= 4 is 64.9 Å². The summed E-state index contributed by atoms with van der Waals surface area (Å²) < 4.78 is 2.28. The van der Waals surface area contributed by atoms with Gasteiger partial charge in [-0.2, -0.15) is 0 Å². The zero-order chi connectivity index (χ0) is 37.3. The Morgan fingerprint density at radius 2 is 0.964 bits per heavy atom. The molecule has 0 bridgehead atoms. The Morgan fingerprint density at radius 3 is 1.66 bits per heavy atom. The molecule has 1 aromatic heterocycles. The lowest BCUT2D eigenvalue weighted by Gasteiger charge is -2.16. The minimum Gasteiger partial charge on any atom is -0.296 e. The van der Waals surface area contributed by atoms with Gasteiger partial charge in [-0.25, -0.2) is 4.98 Å². The van der Waals surface area contributed by atoms with E-state index < -0.39 is 0 Å². The fraction of sp³-hybridized carbons (Fsp3) is 0.0556. The van der Waals surface area contributed by atoms with Crippen LogP contribution in [0.1, 0.15) is 18.3 Å². The molecular formula is C54H38N2. The van der Waals surface area contributed by atoms with Crippen molar-refractivity contribution in [2.24, 2.45) is 0 Å². The van der Waals surface area contributed by atoms with E-state index in [1.807, 2.05) is 0 Å². The van der Waals surface area contributed by atoms with Gasteiger partial charge >= 0.3 is 0 Å². The Labute approximate surface area is 325 Å². The van der Waals surface area contributed by atoms with Gasteiger partial charge in [-0.3, -0.25) is 4.57 Å². The van der Waals surface area contributed by atoms with E-state index in [9.17, 15) is 0 Å². The Balaban J connectivity index is 0.976. The van der Waals surface area contributed by atoms with Crippen LogP contribution in [0, 0.1) is 6.92 Å². The summed E-state index contributed by atoms with van der Waals surface area (Å²) in [7, 11) is 0. The number of benzene rings is 10. The first-order chi connectivity index (χ1) is 27.6. The van der Waals surface area contributed by atoms with Gasteiger partial charge in [0.05, 0.1) is 11.0 Å². The van der Waals surface area contributed by atoms with Gasteiger partial charge in [-0.15, -0.1) is 0 Å². The van der Waals surface area contributed by atoms with Crippen molar-refractivity contribution in [3.05, 3.63) is 193 Å². The zero-order valence-corrected chi connectivity index (χ0v) is 31.4. The van der Waals surface area contributed by atoms with Crippen molar-refractivity contribution < 1.29 is 0 Å². The molecule has 0 atom stereocenters. The highest BCUT2D eigenvalue weighted by atomic mass is 15.1. The van der Waals surface area contributed by atoms with Gasteiger partial charge in [0.25, 0.3) is 0 Å². The van der Waals surface area contributed by atoms with E-state index >= 15 is 0 Å². The van der Waals surface area contributed by atoms with E-state index in [-0.39, 0.29) is 0 Å². The van der Waals surface area contributed by atoms with Crippen LogP contribution in [0.25, 0.3) is 104 Å². The Bertz CT molecular complexity index is 3350. The third-order valence-electron chi connectivity index (χ3n) is 11.8. The second-order valence-corrected chi connectivity index (χ2v) is 15.1. The first kappa shape index (κ1) is 32.4. The smallest absolute Gasteiger partial charge is 0.114 e. The summed E-state index contributed by atoms with van der Waals surface area (Å²) in [6.45, 7) is 4.40. The van der Waals surface area contributed by atoms with Gasteiger partial charge in [0, 0.05) is 12.1 Å². The van der Waals surface area contributed by atoms with Crippen LogP contribution in [0.5, 0.6) is 0 Å². The van der Waals surface area contributed by atoms with E-state index in [4.69, 9.17) is 4.98 Å². The maximum absolute atomic E-state index is 5.05. The molecule has 2 nitrogen and oxygen atoms in total. The molecule has 0 radical (unpaired) electrons. The topological polar surface area (TPSA) is 17.8 Å². The highest BCUT2D eigenvalue weighted by Gasteiger charge is 2.16. The van der Waals surface area contributed by atoms with E-state index in [0.717, 1.165) is 29.0 Å². The number of rotatable bonds is 5. The Morgan fingerprint density at radius 1 is 0.429 bits per heavy atom. The molecule has 11 aromatic rings. The minimum atomic E-state index is 0.870. The molecule has 0 saturated heterocycles. The van der Waals surface area contributed by atoms with E-state index in [0.29, 0.717) is 0 Å². The molecule has 10 aromatic carbocycles. The maximum Gasteiger partial charge on any atom is 0.114 e. The molecular weight excluding hydrogens is 677 g/mol. The van der Waals surface area contributed by atoms with Crippen molar-refractivity contribution in [3.63, 3.8) is 0 Å². The second kappa shape index (κ2) is 12.8. The summed E-state index contributed by atoms with van der Waals surface area (Å²) >= 11 is 0. The standard InChI is InChI=1S/C54H38N2/c1-3-51-55-49-33-43(27-29-50(49)56(51)45-14-5-4-6-15-45)41-24-23-38-30-40(22-21-39(38)31-41)42-26-28-46-44(32-42)25-20-36-12-8-16-47(53(36)46)48-17-9-13-37-19-18-35-11-7-10-34(2)52(35)54(37)48/h4-33H,3H2,1-2H3. The summed E-state index contributed by atoms with van der Waals surface area (Å²) in [6.07, 6.45) is 0.870. The highest BCUT2D eigenvalue weighted by Crippen LogP contribution is 2.42. The fourth-order valence-electron chi connectivity index (χ4n) is 9.10. The predicted molar refractivity (Wildman–Crippen MR) is 239 cm³/mol. The number of hydrogen-bond acceptors (Lipinski definition) is 1. The SMILES string of the molecule is CCc1nc2cc(-c3ccc4cc(-c5ccc6c(ccc7cccc(-c8cccc9ccc%10cccc(C)c%10c89)c76)c5)ccc4c3)ccc2n1-c1ccccc1. The van der Waals surface area contributed by atoms with Crippen LogP contribution >= 0.6 is 0 Å². The van der Waals surface area contributed by atoms with Crippen LogP contribution in [-0.4, -0.2) is 9.55 Å². The average Bonchev–Trinajstić information content (AvgIpc) is 3.63. The molecule has 0 spiro atoms. The summed E-state index contributed by atoms with van der Waals surface area (Å²) in [6, 6.07) is 67.1. The normalized spacial score (nSPS) is 11.8. The van der Waals surface area contributed by atoms with Gasteiger partial charge in [-0.05, 0) is 142 Å². The highest BCUT2D eigenvalue weighted by molar-refractivity contribution is 6.21. The molecule has 264 valence electrons. The molecule has 0 saturated carbocycles. The van der Waals surface area contributed by atoms with Gasteiger partial charge in [-0.1, -0.05) is 146 Å². The van der Waals surface area contributed by atoms with Crippen molar-refractivity contribution in [1.82, 2.24) is 9.55 Å². The van der Waals surface area contributed by atoms with E-state index in [2.05, 4.69) is 200 Å². The second-order valence-electron chi connectivity index (χ2n) is 15.1. The van der Waals surface area contributed by atoms with Crippen LogP contribution < -0.4 is 0 Å². The first-order valence-corrected chi connectivity index (χ1v) is 19.6. The third-order valence-corrected chi connectivity index (χ3v) is 11.8. The molecule has 0 fully saturated rings. The third kappa shape index (κ3) is 5.14. The molecule has 0 amide bonds. The van der Waals surface area contributed by atoms with Crippen molar-refractivity contribution in [2.75, 3.05) is 0 Å². The summed E-state index contributed by atoms with van der Waals surface area (Å²) in [5.74, 6) is 1.07. The lowest BCUT2D eigenvalue weighted by molar-refractivity contribution is 0.908. The molecule has 0 aliphatic rings. The minimum absolute atomic E-state index is 0.870. The van der Waals surface area contributed by atoms with Crippen molar-refractivity contribution in [3.8, 4) is 39.1 Å². The monoisotopic (exact) mass is 714 g/mol. The summed E-state index contributed by atoms with van der Waals surface area (Å²) in [5, 5.41) is 12.8. The number of para-hydroxylation sites is 1. The largest absolute Gasteiger partial charge is 0.296 e. The first-order valence-electron chi connectivity index (χ1n) is 19.6. The number of fused-ring (bicyclic) bond motifs is 8. The van der Waals surface area contributed by atoms with Gasteiger partial charge in [0.2, 0.25) is 0 Å². The number of hydrogen-bond donors (Lipinski definition) is 0. The van der Waals surface area contributed by atoms with Gasteiger partial charge in [0.1, 0.15) is 5.82 Å². The average molecular weight is 715 g/mol. The number of imidazole rings is 1. The quantitative estimate of drug-likeness (QED) is 0.162. The van der Waals surface area contributed by atoms with Crippen molar-refractivity contribution in [1.29, 1.82) is 0 Å². The van der Waals surface area contributed by atoms with Crippen molar-refractivity contribution in [2.45, 2.75) is 20.3 Å². The molecule has 0 aliphatic carbocycles. The molecule has 0 unspecified atom stereocenters. The molecule has 1 heterocycles. The van der Waals surface area contributed by atoms with Crippen LogP contribution in [0.4, 0.5) is 0 Å². The molecule has 11 rings (SSSR count). The number of aryl methyl sites for hydroxylation is 2. The van der Waals surface area contributed by atoms with Gasteiger partial charge in [0.15, 0.2) is 0 Å². The Kier molecular flexibility index (Phi) is 7.40.